The molecule has 0 spiro atoms. The summed E-state index contributed by atoms with van der Waals surface area (Å²) in [6, 6.07) is 11.9. The Kier molecular flexibility index (Phi) is 4.48. The zero-order chi connectivity index (χ0) is 15.5. The second-order valence-electron chi connectivity index (χ2n) is 5.26. The standard InChI is InChI=1S/C17H20FNO2/c1-17(19,11-12-7-9-13(18)10-8-12)16-14(20-2)5-4-6-15(16)21-3/h4-10H,11,19H2,1-3H3. The fraction of sp³-hybridized carbons (Fsp3) is 0.294. The molecule has 0 heterocycles. The van der Waals surface area contributed by atoms with Gasteiger partial charge in [0.05, 0.1) is 19.8 Å². The Labute approximate surface area is 124 Å². The van der Waals surface area contributed by atoms with Crippen LogP contribution in [0.2, 0.25) is 0 Å². The number of hydrogen-bond donors (Lipinski definition) is 1. The minimum absolute atomic E-state index is 0.257. The van der Waals surface area contributed by atoms with E-state index >= 15 is 0 Å². The second-order valence-corrected chi connectivity index (χ2v) is 5.26. The molecule has 2 aromatic rings. The number of hydrogen-bond acceptors (Lipinski definition) is 3. The molecule has 0 radical (unpaired) electrons. The van der Waals surface area contributed by atoms with E-state index in [0.717, 1.165) is 11.1 Å². The highest BCUT2D eigenvalue weighted by molar-refractivity contribution is 5.49. The van der Waals surface area contributed by atoms with Crippen LogP contribution in [0.15, 0.2) is 42.5 Å². The van der Waals surface area contributed by atoms with Gasteiger partial charge in [-0.3, -0.25) is 0 Å². The summed E-state index contributed by atoms with van der Waals surface area (Å²) >= 11 is 0. The summed E-state index contributed by atoms with van der Waals surface area (Å²) in [6.45, 7) is 1.91. The average Bonchev–Trinajstić information content (AvgIpc) is 2.48. The van der Waals surface area contributed by atoms with Crippen LogP contribution in [0.1, 0.15) is 18.1 Å². The summed E-state index contributed by atoms with van der Waals surface area (Å²) in [5, 5.41) is 0. The van der Waals surface area contributed by atoms with Gasteiger partial charge in [-0.25, -0.2) is 4.39 Å². The summed E-state index contributed by atoms with van der Waals surface area (Å²) in [6.07, 6.45) is 0.546. The number of rotatable bonds is 5. The van der Waals surface area contributed by atoms with Crippen LogP contribution in [-0.4, -0.2) is 14.2 Å². The number of nitrogens with two attached hydrogens (primary N) is 1. The van der Waals surface area contributed by atoms with Gasteiger partial charge in [0.2, 0.25) is 0 Å². The zero-order valence-corrected chi connectivity index (χ0v) is 12.5. The Hall–Kier alpha value is -2.07. The third-order valence-electron chi connectivity index (χ3n) is 3.48. The van der Waals surface area contributed by atoms with Gasteiger partial charge in [0, 0.05) is 5.54 Å². The molecule has 112 valence electrons. The maximum absolute atomic E-state index is 13.0. The first kappa shape index (κ1) is 15.3. The van der Waals surface area contributed by atoms with E-state index in [1.54, 1.807) is 26.4 Å². The van der Waals surface area contributed by atoms with Gasteiger partial charge < -0.3 is 15.2 Å². The Morgan fingerprint density at radius 3 is 2.00 bits per heavy atom. The Balaban J connectivity index is 2.40. The van der Waals surface area contributed by atoms with Crippen molar-refractivity contribution in [2.45, 2.75) is 18.9 Å². The van der Waals surface area contributed by atoms with Crippen molar-refractivity contribution in [2.75, 3.05) is 14.2 Å². The quantitative estimate of drug-likeness (QED) is 0.919. The molecule has 0 aliphatic rings. The first-order valence-corrected chi connectivity index (χ1v) is 6.72. The number of halogens is 1. The van der Waals surface area contributed by atoms with E-state index in [9.17, 15) is 4.39 Å². The Bertz CT molecular complexity index is 586. The van der Waals surface area contributed by atoms with Gasteiger partial charge in [0.15, 0.2) is 0 Å². The van der Waals surface area contributed by atoms with Gasteiger partial charge in [-0.15, -0.1) is 0 Å². The lowest BCUT2D eigenvalue weighted by Gasteiger charge is -2.29. The van der Waals surface area contributed by atoms with Crippen LogP contribution in [0.25, 0.3) is 0 Å². The van der Waals surface area contributed by atoms with E-state index in [-0.39, 0.29) is 5.82 Å². The van der Waals surface area contributed by atoms with Gasteiger partial charge in [0.25, 0.3) is 0 Å². The van der Waals surface area contributed by atoms with Crippen LogP contribution in [0.5, 0.6) is 11.5 Å². The van der Waals surface area contributed by atoms with Gasteiger partial charge >= 0.3 is 0 Å². The van der Waals surface area contributed by atoms with E-state index in [2.05, 4.69) is 0 Å². The molecule has 3 nitrogen and oxygen atoms in total. The van der Waals surface area contributed by atoms with Crippen molar-refractivity contribution in [1.29, 1.82) is 0 Å². The molecule has 1 atom stereocenters. The van der Waals surface area contributed by atoms with Crippen LogP contribution in [0, 0.1) is 5.82 Å². The van der Waals surface area contributed by atoms with Crippen molar-refractivity contribution in [3.8, 4) is 11.5 Å². The monoisotopic (exact) mass is 289 g/mol. The summed E-state index contributed by atoms with van der Waals surface area (Å²) < 4.78 is 23.8. The highest BCUT2D eigenvalue weighted by atomic mass is 19.1. The lowest BCUT2D eigenvalue weighted by Crippen LogP contribution is -2.36. The van der Waals surface area contributed by atoms with Crippen LogP contribution in [0.4, 0.5) is 4.39 Å². The van der Waals surface area contributed by atoms with Crippen LogP contribution < -0.4 is 15.2 Å². The normalized spacial score (nSPS) is 13.6. The van der Waals surface area contributed by atoms with E-state index in [1.807, 2.05) is 25.1 Å². The number of methoxy groups -OCH3 is 2. The predicted octanol–water partition coefficient (Wildman–Crippen LogP) is 3.26. The van der Waals surface area contributed by atoms with E-state index in [4.69, 9.17) is 15.2 Å². The average molecular weight is 289 g/mol. The van der Waals surface area contributed by atoms with Crippen molar-refractivity contribution < 1.29 is 13.9 Å². The van der Waals surface area contributed by atoms with Crippen LogP contribution >= 0.6 is 0 Å². The maximum Gasteiger partial charge on any atom is 0.127 e. The molecule has 4 heteroatoms. The molecule has 21 heavy (non-hydrogen) atoms. The lowest BCUT2D eigenvalue weighted by molar-refractivity contribution is 0.355. The van der Waals surface area contributed by atoms with Crippen LogP contribution in [-0.2, 0) is 12.0 Å². The smallest absolute Gasteiger partial charge is 0.127 e. The molecule has 0 saturated carbocycles. The second kappa shape index (κ2) is 6.14. The molecule has 2 N–H and O–H groups in total. The Morgan fingerprint density at radius 1 is 1.00 bits per heavy atom. The molecular formula is C17H20FNO2. The number of benzene rings is 2. The van der Waals surface area contributed by atoms with Gasteiger partial charge in [-0.2, -0.15) is 0 Å². The Morgan fingerprint density at radius 2 is 1.52 bits per heavy atom. The first-order valence-electron chi connectivity index (χ1n) is 6.72. The lowest BCUT2D eigenvalue weighted by atomic mass is 9.85. The maximum atomic E-state index is 13.0. The van der Waals surface area contributed by atoms with Gasteiger partial charge in [-0.1, -0.05) is 18.2 Å². The van der Waals surface area contributed by atoms with E-state index in [1.165, 1.54) is 12.1 Å². The van der Waals surface area contributed by atoms with Gasteiger partial charge in [0.1, 0.15) is 17.3 Å². The highest BCUT2D eigenvalue weighted by Gasteiger charge is 2.29. The molecule has 0 saturated heterocycles. The van der Waals surface area contributed by atoms with Gasteiger partial charge in [-0.05, 0) is 43.2 Å². The van der Waals surface area contributed by atoms with Crippen molar-refractivity contribution >= 4 is 0 Å². The molecule has 0 aromatic heterocycles. The van der Waals surface area contributed by atoms with Crippen molar-refractivity contribution in [3.05, 3.63) is 59.4 Å². The third-order valence-corrected chi connectivity index (χ3v) is 3.48. The summed E-state index contributed by atoms with van der Waals surface area (Å²) in [5.41, 5.74) is 7.57. The van der Waals surface area contributed by atoms with E-state index in [0.29, 0.717) is 17.9 Å². The predicted molar refractivity (Wildman–Crippen MR) is 81.2 cm³/mol. The minimum atomic E-state index is -0.699. The molecule has 2 rings (SSSR count). The summed E-state index contributed by atoms with van der Waals surface area (Å²) in [7, 11) is 3.21. The topological polar surface area (TPSA) is 44.5 Å². The highest BCUT2D eigenvalue weighted by Crippen LogP contribution is 2.37. The first-order chi connectivity index (χ1) is 9.97. The number of ether oxygens (including phenoxy) is 2. The largest absolute Gasteiger partial charge is 0.496 e. The molecule has 0 amide bonds. The third kappa shape index (κ3) is 3.34. The molecule has 0 bridgehead atoms. The molecule has 0 aliphatic carbocycles. The molecule has 1 unspecified atom stereocenters. The molecule has 0 fully saturated rings. The fourth-order valence-corrected chi connectivity index (χ4v) is 2.53. The van der Waals surface area contributed by atoms with E-state index < -0.39 is 5.54 Å². The van der Waals surface area contributed by atoms with Crippen LogP contribution in [0.3, 0.4) is 0 Å². The zero-order valence-electron chi connectivity index (χ0n) is 12.5. The van der Waals surface area contributed by atoms with Crippen molar-refractivity contribution in [3.63, 3.8) is 0 Å². The molecular weight excluding hydrogens is 269 g/mol. The van der Waals surface area contributed by atoms with Crippen molar-refractivity contribution in [1.82, 2.24) is 0 Å². The summed E-state index contributed by atoms with van der Waals surface area (Å²) in [5.74, 6) is 1.11. The van der Waals surface area contributed by atoms with Crippen molar-refractivity contribution in [2.24, 2.45) is 5.73 Å². The SMILES string of the molecule is COc1cccc(OC)c1C(C)(N)Cc1ccc(F)cc1. The minimum Gasteiger partial charge on any atom is -0.496 e. The molecule has 2 aromatic carbocycles. The fourth-order valence-electron chi connectivity index (χ4n) is 2.53. The summed E-state index contributed by atoms with van der Waals surface area (Å²) in [4.78, 5) is 0. The molecule has 0 aliphatic heterocycles.